The SMILES string of the molecule is C/C(=C\c1ccc2c(c1)N(S(=O)(=O)c1cccc(C(F)(F)F)c1)CC1CN(C(CO)CO)CCN21)c1c(F)cccc1Cl. The van der Waals surface area contributed by atoms with Gasteiger partial charge in [0.25, 0.3) is 10.0 Å². The van der Waals surface area contributed by atoms with Crippen LogP contribution in [0.3, 0.4) is 0 Å². The number of aliphatic hydroxyl groups excluding tert-OH is 2. The molecule has 0 bridgehead atoms. The zero-order valence-electron chi connectivity index (χ0n) is 23.1. The minimum absolute atomic E-state index is 0.0864. The monoisotopic (exact) mass is 639 g/mol. The number of anilines is 2. The van der Waals surface area contributed by atoms with Crippen LogP contribution in [0, 0.1) is 5.82 Å². The highest BCUT2D eigenvalue weighted by molar-refractivity contribution is 7.92. The van der Waals surface area contributed by atoms with Crippen molar-refractivity contribution in [1.82, 2.24) is 4.90 Å². The maximum Gasteiger partial charge on any atom is 0.416 e. The largest absolute Gasteiger partial charge is 0.416 e. The molecule has 1 unspecified atom stereocenters. The molecular formula is C30H30ClF4N3O4S. The average molecular weight is 640 g/mol. The summed E-state index contributed by atoms with van der Waals surface area (Å²) < 4.78 is 84.3. The third-order valence-corrected chi connectivity index (χ3v) is 9.99. The Morgan fingerprint density at radius 1 is 1.02 bits per heavy atom. The van der Waals surface area contributed by atoms with Crippen LogP contribution in [-0.4, -0.2) is 75.0 Å². The number of rotatable bonds is 7. The lowest BCUT2D eigenvalue weighted by molar-refractivity contribution is -0.137. The predicted octanol–water partition coefficient (Wildman–Crippen LogP) is 5.11. The van der Waals surface area contributed by atoms with Crippen molar-refractivity contribution in [2.45, 2.75) is 30.1 Å². The second-order valence-corrected chi connectivity index (χ2v) is 12.9. The van der Waals surface area contributed by atoms with Gasteiger partial charge in [-0.2, -0.15) is 13.2 Å². The van der Waals surface area contributed by atoms with Gasteiger partial charge >= 0.3 is 6.18 Å². The number of aliphatic hydroxyl groups is 2. The predicted molar refractivity (Wildman–Crippen MR) is 158 cm³/mol. The number of halogens is 5. The Bertz CT molecular complexity index is 1630. The van der Waals surface area contributed by atoms with Crippen LogP contribution in [-0.2, 0) is 16.2 Å². The lowest BCUT2D eigenvalue weighted by Crippen LogP contribution is -2.63. The Morgan fingerprint density at radius 3 is 2.42 bits per heavy atom. The molecule has 2 aliphatic heterocycles. The number of alkyl halides is 3. The smallest absolute Gasteiger partial charge is 0.395 e. The molecule has 0 amide bonds. The molecule has 1 saturated heterocycles. The highest BCUT2D eigenvalue weighted by Gasteiger charge is 2.41. The van der Waals surface area contributed by atoms with Crippen molar-refractivity contribution in [3.63, 3.8) is 0 Å². The normalized spacial score (nSPS) is 18.2. The molecule has 1 fully saturated rings. The first kappa shape index (κ1) is 31.3. The summed E-state index contributed by atoms with van der Waals surface area (Å²) in [5.74, 6) is -0.516. The first-order valence-corrected chi connectivity index (χ1v) is 15.4. The van der Waals surface area contributed by atoms with Gasteiger partial charge in [0.05, 0.1) is 58.7 Å². The van der Waals surface area contributed by atoms with Crippen molar-refractivity contribution in [3.05, 3.63) is 88.2 Å². The molecule has 3 aromatic rings. The maximum atomic E-state index is 14.6. The van der Waals surface area contributed by atoms with Crippen molar-refractivity contribution >= 4 is 44.6 Å². The summed E-state index contributed by atoms with van der Waals surface area (Å²) in [7, 11) is -4.48. The molecule has 230 valence electrons. The number of piperazine rings is 1. The molecule has 0 aromatic heterocycles. The van der Waals surface area contributed by atoms with Crippen LogP contribution in [0.4, 0.5) is 28.9 Å². The average Bonchev–Trinajstić information content (AvgIpc) is 2.96. The number of sulfonamides is 1. The molecule has 43 heavy (non-hydrogen) atoms. The molecule has 0 aliphatic carbocycles. The van der Waals surface area contributed by atoms with Crippen LogP contribution in [0.1, 0.15) is 23.6 Å². The highest BCUT2D eigenvalue weighted by Crippen LogP contribution is 2.42. The van der Waals surface area contributed by atoms with E-state index < -0.39 is 44.6 Å². The fourth-order valence-corrected chi connectivity index (χ4v) is 7.59. The maximum absolute atomic E-state index is 14.6. The zero-order chi connectivity index (χ0) is 31.1. The number of hydrogen-bond acceptors (Lipinski definition) is 6. The Balaban J connectivity index is 1.61. The van der Waals surface area contributed by atoms with E-state index in [1.807, 2.05) is 9.80 Å². The molecule has 5 rings (SSSR count). The van der Waals surface area contributed by atoms with Gasteiger partial charge in [-0.15, -0.1) is 0 Å². The minimum Gasteiger partial charge on any atom is -0.395 e. The van der Waals surface area contributed by atoms with Crippen LogP contribution in [0.25, 0.3) is 11.6 Å². The molecule has 0 radical (unpaired) electrons. The zero-order valence-corrected chi connectivity index (χ0v) is 24.7. The summed E-state index contributed by atoms with van der Waals surface area (Å²) in [6.45, 7) is 2.29. The molecule has 7 nitrogen and oxygen atoms in total. The van der Waals surface area contributed by atoms with Crippen LogP contribution in [0.5, 0.6) is 0 Å². The molecule has 1 atom stereocenters. The topological polar surface area (TPSA) is 84.3 Å². The Hall–Kier alpha value is -3.16. The Morgan fingerprint density at radius 2 is 1.74 bits per heavy atom. The van der Waals surface area contributed by atoms with Crippen LogP contribution >= 0.6 is 11.6 Å². The number of hydrogen-bond donors (Lipinski definition) is 2. The number of allylic oxidation sites excluding steroid dienone is 1. The molecule has 3 aromatic carbocycles. The first-order chi connectivity index (χ1) is 20.3. The molecule has 0 saturated carbocycles. The lowest BCUT2D eigenvalue weighted by Gasteiger charge is -2.50. The second-order valence-electron chi connectivity index (χ2n) is 10.6. The van der Waals surface area contributed by atoms with Gasteiger partial charge in [-0.05, 0) is 60.5 Å². The Kier molecular flexibility index (Phi) is 8.79. The fourth-order valence-electron chi connectivity index (χ4n) is 5.72. The lowest BCUT2D eigenvalue weighted by atomic mass is 10.0. The van der Waals surface area contributed by atoms with E-state index in [1.54, 1.807) is 37.3 Å². The summed E-state index contributed by atoms with van der Waals surface area (Å²) in [5, 5.41) is 19.7. The third kappa shape index (κ3) is 6.12. The van der Waals surface area contributed by atoms with Crippen LogP contribution in [0.2, 0.25) is 5.02 Å². The van der Waals surface area contributed by atoms with Crippen molar-refractivity contribution < 1.29 is 36.2 Å². The van der Waals surface area contributed by atoms with Gasteiger partial charge < -0.3 is 15.1 Å². The van der Waals surface area contributed by atoms with E-state index in [4.69, 9.17) is 11.6 Å². The third-order valence-electron chi connectivity index (χ3n) is 7.90. The van der Waals surface area contributed by atoms with Crippen molar-refractivity contribution in [2.75, 3.05) is 48.6 Å². The molecule has 13 heteroatoms. The first-order valence-electron chi connectivity index (χ1n) is 13.5. The summed E-state index contributed by atoms with van der Waals surface area (Å²) >= 11 is 6.24. The summed E-state index contributed by atoms with van der Waals surface area (Å²) in [5.41, 5.74) is 0.987. The number of nitrogens with zero attached hydrogens (tertiary/aromatic N) is 3. The van der Waals surface area contributed by atoms with Gasteiger partial charge in [0.2, 0.25) is 0 Å². The van der Waals surface area contributed by atoms with E-state index in [9.17, 15) is 36.2 Å². The van der Waals surface area contributed by atoms with E-state index in [-0.39, 0.29) is 36.0 Å². The minimum atomic E-state index is -4.74. The van der Waals surface area contributed by atoms with Crippen LogP contribution < -0.4 is 9.21 Å². The van der Waals surface area contributed by atoms with E-state index in [0.717, 1.165) is 22.5 Å². The standard InChI is InChI=1S/C30H30ClF4N3O4S/c1-19(29-25(31)6-3-7-26(29)32)12-20-8-9-27-28(13-20)38(16-22-15-36(10-11-37(22)27)23(17-39)18-40)43(41,42)24-5-2-4-21(14-24)30(33,34)35/h2-9,12-14,22-23,39-40H,10-11,15-18H2,1H3/b19-12+. The van der Waals surface area contributed by atoms with Gasteiger partial charge in [0, 0.05) is 25.2 Å². The van der Waals surface area contributed by atoms with Gasteiger partial charge in [-0.25, -0.2) is 12.8 Å². The van der Waals surface area contributed by atoms with Gasteiger partial charge in [-0.1, -0.05) is 35.9 Å². The summed E-state index contributed by atoms with van der Waals surface area (Å²) in [4.78, 5) is 3.40. The van der Waals surface area contributed by atoms with Gasteiger partial charge in [-0.3, -0.25) is 9.21 Å². The summed E-state index contributed by atoms with van der Waals surface area (Å²) in [6.07, 6.45) is -3.07. The van der Waals surface area contributed by atoms with E-state index >= 15 is 0 Å². The molecule has 2 N–H and O–H groups in total. The molecule has 0 spiro atoms. The summed E-state index contributed by atoms with van der Waals surface area (Å²) in [6, 6.07) is 12.1. The number of fused-ring (bicyclic) bond motifs is 3. The van der Waals surface area contributed by atoms with Gasteiger partial charge in [0.1, 0.15) is 5.82 Å². The van der Waals surface area contributed by atoms with E-state index in [2.05, 4.69) is 0 Å². The van der Waals surface area contributed by atoms with Crippen LogP contribution in [0.15, 0.2) is 65.6 Å². The molecule has 2 aliphatic rings. The highest BCUT2D eigenvalue weighted by atomic mass is 35.5. The van der Waals surface area contributed by atoms with Crippen molar-refractivity contribution in [3.8, 4) is 0 Å². The Labute approximate surface area is 252 Å². The second kappa shape index (κ2) is 12.1. The van der Waals surface area contributed by atoms with Crippen molar-refractivity contribution in [2.24, 2.45) is 0 Å². The quantitative estimate of drug-likeness (QED) is 0.276. The molecular weight excluding hydrogens is 610 g/mol. The molecule has 2 heterocycles. The van der Waals surface area contributed by atoms with Crippen molar-refractivity contribution in [1.29, 1.82) is 0 Å². The number of benzene rings is 3. The van der Waals surface area contributed by atoms with E-state index in [0.29, 0.717) is 42.5 Å². The van der Waals surface area contributed by atoms with E-state index in [1.165, 1.54) is 12.1 Å². The van der Waals surface area contributed by atoms with Gasteiger partial charge in [0.15, 0.2) is 0 Å². The fraction of sp³-hybridized carbons (Fsp3) is 0.333.